The molecule has 90 valence electrons. The van der Waals surface area contributed by atoms with Crippen LogP contribution in [0.2, 0.25) is 0 Å². The van der Waals surface area contributed by atoms with E-state index in [1.165, 1.54) is 4.68 Å². The average Bonchev–Trinajstić information content (AvgIpc) is 2.83. The number of nitro groups is 1. The van der Waals surface area contributed by atoms with E-state index in [1.807, 2.05) is 13.1 Å². The third-order valence-corrected chi connectivity index (χ3v) is 2.58. The molecule has 0 bridgehead atoms. The van der Waals surface area contributed by atoms with E-state index in [-0.39, 0.29) is 17.5 Å². The van der Waals surface area contributed by atoms with E-state index < -0.39 is 4.92 Å². The molecule has 2 aromatic rings. The van der Waals surface area contributed by atoms with E-state index in [0.717, 1.165) is 11.8 Å². The van der Waals surface area contributed by atoms with Crippen LogP contribution in [-0.2, 0) is 7.05 Å². The number of nitrogens with two attached hydrogens (primary N) is 1. The van der Waals surface area contributed by atoms with Crippen LogP contribution in [0.4, 0.5) is 11.5 Å². The van der Waals surface area contributed by atoms with E-state index in [4.69, 9.17) is 5.73 Å². The number of rotatable bonds is 3. The van der Waals surface area contributed by atoms with Crippen LogP contribution in [0.25, 0.3) is 0 Å². The number of nitrogen functional groups attached to an aromatic ring is 1. The van der Waals surface area contributed by atoms with E-state index in [2.05, 4.69) is 10.2 Å². The molecule has 17 heavy (non-hydrogen) atoms. The largest absolute Gasteiger partial charge is 0.378 e. The molecule has 2 N–H and O–H groups in total. The number of hydrogen-bond acceptors (Lipinski definition) is 5. The molecule has 2 rings (SSSR count). The Labute approximate surface area is 96.8 Å². The van der Waals surface area contributed by atoms with Gasteiger partial charge in [0.15, 0.2) is 0 Å². The number of aromatic nitrogens is 4. The molecular formula is C9H12N6O2. The van der Waals surface area contributed by atoms with Crippen molar-refractivity contribution in [1.29, 1.82) is 0 Å². The molecule has 1 unspecified atom stereocenters. The summed E-state index contributed by atoms with van der Waals surface area (Å²) in [5.74, 6) is 0.0475. The minimum atomic E-state index is -0.547. The van der Waals surface area contributed by atoms with Crippen LogP contribution in [0, 0.1) is 10.1 Å². The first kappa shape index (κ1) is 11.1. The Kier molecular flexibility index (Phi) is 2.54. The third-order valence-electron chi connectivity index (χ3n) is 2.58. The average molecular weight is 236 g/mol. The Morgan fingerprint density at radius 3 is 2.65 bits per heavy atom. The standard InChI is InChI=1S/C9H12N6O2/c1-6(7-3-11-13(2)5-7)14-9(10)8(4-12-14)15(16)17/h3-6H,10H2,1-2H3. The second-order valence-electron chi connectivity index (χ2n) is 3.74. The van der Waals surface area contributed by atoms with Crippen molar-refractivity contribution in [3.05, 3.63) is 34.3 Å². The van der Waals surface area contributed by atoms with E-state index in [0.29, 0.717) is 0 Å². The summed E-state index contributed by atoms with van der Waals surface area (Å²) in [5.41, 5.74) is 6.39. The molecule has 8 nitrogen and oxygen atoms in total. The molecule has 0 saturated carbocycles. The van der Waals surface area contributed by atoms with Crippen molar-refractivity contribution in [3.8, 4) is 0 Å². The molecule has 0 aromatic carbocycles. The number of anilines is 1. The van der Waals surface area contributed by atoms with E-state index in [9.17, 15) is 10.1 Å². The van der Waals surface area contributed by atoms with Gasteiger partial charge in [0.05, 0.1) is 17.2 Å². The van der Waals surface area contributed by atoms with Crippen LogP contribution in [0.5, 0.6) is 0 Å². The van der Waals surface area contributed by atoms with Gasteiger partial charge in [-0.05, 0) is 6.92 Å². The molecule has 2 aromatic heterocycles. The van der Waals surface area contributed by atoms with Crippen molar-refractivity contribution in [2.24, 2.45) is 7.05 Å². The molecule has 0 amide bonds. The molecule has 0 saturated heterocycles. The molecule has 0 aliphatic rings. The Morgan fingerprint density at radius 1 is 1.47 bits per heavy atom. The lowest BCUT2D eigenvalue weighted by molar-refractivity contribution is -0.384. The highest BCUT2D eigenvalue weighted by Crippen LogP contribution is 2.26. The van der Waals surface area contributed by atoms with E-state index >= 15 is 0 Å². The lowest BCUT2D eigenvalue weighted by Crippen LogP contribution is -2.11. The van der Waals surface area contributed by atoms with Crippen LogP contribution in [0.15, 0.2) is 18.6 Å². The van der Waals surface area contributed by atoms with Gasteiger partial charge in [-0.3, -0.25) is 14.8 Å². The smallest absolute Gasteiger partial charge is 0.330 e. The summed E-state index contributed by atoms with van der Waals surface area (Å²) >= 11 is 0. The van der Waals surface area contributed by atoms with Gasteiger partial charge in [-0.25, -0.2) is 4.68 Å². The molecule has 0 spiro atoms. The minimum absolute atomic E-state index is 0.0475. The maximum Gasteiger partial charge on any atom is 0.330 e. The van der Waals surface area contributed by atoms with Crippen LogP contribution < -0.4 is 5.73 Å². The zero-order valence-electron chi connectivity index (χ0n) is 9.44. The van der Waals surface area contributed by atoms with Crippen LogP contribution >= 0.6 is 0 Å². The van der Waals surface area contributed by atoms with Crippen molar-refractivity contribution >= 4 is 11.5 Å². The molecule has 1 atom stereocenters. The summed E-state index contributed by atoms with van der Waals surface area (Å²) in [6.45, 7) is 1.85. The predicted octanol–water partition coefficient (Wildman–Crippen LogP) is 0.716. The summed E-state index contributed by atoms with van der Waals surface area (Å²) in [6.07, 6.45) is 4.65. The quantitative estimate of drug-likeness (QED) is 0.624. The number of hydrogen-bond donors (Lipinski definition) is 1. The van der Waals surface area contributed by atoms with Gasteiger partial charge in [0.2, 0.25) is 5.82 Å². The van der Waals surface area contributed by atoms with Gasteiger partial charge in [0, 0.05) is 18.8 Å². The molecule has 0 radical (unpaired) electrons. The first-order chi connectivity index (χ1) is 8.00. The molecule has 2 heterocycles. The van der Waals surface area contributed by atoms with Gasteiger partial charge < -0.3 is 5.73 Å². The SMILES string of the molecule is CC(c1cnn(C)c1)n1ncc([N+](=O)[O-])c1N. The molecule has 8 heteroatoms. The second kappa shape index (κ2) is 3.89. The Hall–Kier alpha value is -2.38. The molecular weight excluding hydrogens is 224 g/mol. The third kappa shape index (κ3) is 1.84. The van der Waals surface area contributed by atoms with Gasteiger partial charge in [-0.2, -0.15) is 10.2 Å². The van der Waals surface area contributed by atoms with Gasteiger partial charge in [0.25, 0.3) is 0 Å². The topological polar surface area (TPSA) is 105 Å². The van der Waals surface area contributed by atoms with Gasteiger partial charge in [0.1, 0.15) is 6.20 Å². The van der Waals surface area contributed by atoms with Gasteiger partial charge in [-0.1, -0.05) is 0 Å². The van der Waals surface area contributed by atoms with Crippen molar-refractivity contribution in [1.82, 2.24) is 19.6 Å². The van der Waals surface area contributed by atoms with Crippen LogP contribution in [0.3, 0.4) is 0 Å². The minimum Gasteiger partial charge on any atom is -0.378 e. The highest BCUT2D eigenvalue weighted by atomic mass is 16.6. The zero-order chi connectivity index (χ0) is 12.6. The van der Waals surface area contributed by atoms with Crippen LogP contribution in [-0.4, -0.2) is 24.5 Å². The van der Waals surface area contributed by atoms with Crippen molar-refractivity contribution in [3.63, 3.8) is 0 Å². The number of aryl methyl sites for hydroxylation is 1. The highest BCUT2D eigenvalue weighted by molar-refractivity contribution is 5.51. The van der Waals surface area contributed by atoms with Crippen molar-refractivity contribution in [2.45, 2.75) is 13.0 Å². The van der Waals surface area contributed by atoms with Crippen LogP contribution in [0.1, 0.15) is 18.5 Å². The lowest BCUT2D eigenvalue weighted by Gasteiger charge is -2.10. The first-order valence-electron chi connectivity index (χ1n) is 4.96. The Bertz CT molecular complexity index is 558. The fraction of sp³-hybridized carbons (Fsp3) is 0.333. The summed E-state index contributed by atoms with van der Waals surface area (Å²) < 4.78 is 3.06. The maximum absolute atomic E-state index is 10.7. The summed E-state index contributed by atoms with van der Waals surface area (Å²) in [4.78, 5) is 10.1. The van der Waals surface area contributed by atoms with Gasteiger partial charge in [-0.15, -0.1) is 0 Å². The highest BCUT2D eigenvalue weighted by Gasteiger charge is 2.21. The first-order valence-corrected chi connectivity index (χ1v) is 4.96. The fourth-order valence-corrected chi connectivity index (χ4v) is 1.61. The second-order valence-corrected chi connectivity index (χ2v) is 3.74. The monoisotopic (exact) mass is 236 g/mol. The maximum atomic E-state index is 10.7. The molecule has 0 aliphatic carbocycles. The normalized spacial score (nSPS) is 12.6. The van der Waals surface area contributed by atoms with Gasteiger partial charge >= 0.3 is 5.69 Å². The molecule has 0 aliphatic heterocycles. The Morgan fingerprint density at radius 2 is 2.18 bits per heavy atom. The van der Waals surface area contributed by atoms with Crippen molar-refractivity contribution in [2.75, 3.05) is 5.73 Å². The van der Waals surface area contributed by atoms with Crippen molar-refractivity contribution < 1.29 is 4.92 Å². The summed E-state index contributed by atoms with van der Waals surface area (Å²) in [5, 5.41) is 18.6. The summed E-state index contributed by atoms with van der Waals surface area (Å²) in [7, 11) is 1.80. The Balaban J connectivity index is 2.38. The van der Waals surface area contributed by atoms with E-state index in [1.54, 1.807) is 17.9 Å². The summed E-state index contributed by atoms with van der Waals surface area (Å²) in [6, 6.07) is -0.197. The molecule has 0 fully saturated rings. The zero-order valence-corrected chi connectivity index (χ0v) is 9.44. The lowest BCUT2D eigenvalue weighted by atomic mass is 10.2. The number of nitrogens with zero attached hydrogens (tertiary/aromatic N) is 5. The fourth-order valence-electron chi connectivity index (χ4n) is 1.61. The predicted molar refractivity (Wildman–Crippen MR) is 60.3 cm³/mol.